The van der Waals surface area contributed by atoms with Gasteiger partial charge in [0.05, 0.1) is 11.3 Å². The molecule has 0 aliphatic heterocycles. The lowest BCUT2D eigenvalue weighted by molar-refractivity contribution is 0.590. The van der Waals surface area contributed by atoms with Crippen molar-refractivity contribution in [1.82, 2.24) is 24.7 Å². The van der Waals surface area contributed by atoms with E-state index in [4.69, 9.17) is 5.73 Å². The van der Waals surface area contributed by atoms with Gasteiger partial charge in [0.15, 0.2) is 11.0 Å². The molecular formula is C23H26N6S. The number of hydrogen-bond acceptors (Lipinski definition) is 6. The van der Waals surface area contributed by atoms with Crippen molar-refractivity contribution in [3.05, 3.63) is 59.9 Å². The first-order valence-electron chi connectivity index (χ1n) is 10.0. The Morgan fingerprint density at radius 2 is 1.70 bits per heavy atom. The molecule has 4 aromatic rings. The van der Waals surface area contributed by atoms with E-state index in [1.54, 1.807) is 11.8 Å². The van der Waals surface area contributed by atoms with Gasteiger partial charge in [-0.3, -0.25) is 0 Å². The Morgan fingerprint density at radius 3 is 2.40 bits per heavy atom. The summed E-state index contributed by atoms with van der Waals surface area (Å²) in [6.07, 6.45) is 0. The second-order valence-corrected chi connectivity index (χ2v) is 9.15. The summed E-state index contributed by atoms with van der Waals surface area (Å²) in [5, 5.41) is 10.6. The lowest BCUT2D eigenvalue weighted by Crippen LogP contribution is -2.10. The first kappa shape index (κ1) is 20.3. The molecule has 6 nitrogen and oxygen atoms in total. The molecule has 7 heteroatoms. The zero-order valence-corrected chi connectivity index (χ0v) is 18.6. The van der Waals surface area contributed by atoms with Crippen LogP contribution in [0.2, 0.25) is 0 Å². The first-order valence-corrected chi connectivity index (χ1v) is 11.0. The van der Waals surface area contributed by atoms with Crippen LogP contribution in [0.5, 0.6) is 0 Å². The number of rotatable bonds is 5. The van der Waals surface area contributed by atoms with Gasteiger partial charge in [-0.1, -0.05) is 68.9 Å². The van der Waals surface area contributed by atoms with E-state index in [9.17, 15) is 0 Å². The molecule has 4 rings (SSSR count). The molecule has 0 spiro atoms. The molecule has 0 saturated heterocycles. The lowest BCUT2D eigenvalue weighted by atomic mass is 9.87. The van der Waals surface area contributed by atoms with E-state index in [0.717, 1.165) is 34.0 Å². The molecular weight excluding hydrogens is 392 g/mol. The van der Waals surface area contributed by atoms with Crippen LogP contribution >= 0.6 is 11.8 Å². The van der Waals surface area contributed by atoms with Crippen LogP contribution in [0.1, 0.15) is 39.1 Å². The van der Waals surface area contributed by atoms with Crippen molar-refractivity contribution < 1.29 is 0 Å². The predicted molar refractivity (Wildman–Crippen MR) is 123 cm³/mol. The number of para-hydroxylation sites is 1. The minimum atomic E-state index is 0.125. The van der Waals surface area contributed by atoms with Crippen molar-refractivity contribution in [2.75, 3.05) is 5.73 Å². The molecule has 0 unspecified atom stereocenters. The summed E-state index contributed by atoms with van der Waals surface area (Å²) in [5.74, 6) is 2.65. The van der Waals surface area contributed by atoms with Gasteiger partial charge in [0.25, 0.3) is 0 Å². The molecule has 154 valence electrons. The lowest BCUT2D eigenvalue weighted by Gasteiger charge is -2.19. The van der Waals surface area contributed by atoms with E-state index >= 15 is 0 Å². The molecule has 0 atom stereocenters. The number of nitrogen functional groups attached to an aromatic ring is 1. The Labute approximate surface area is 181 Å². The normalized spacial score (nSPS) is 11.9. The highest BCUT2D eigenvalue weighted by Crippen LogP contribution is 2.29. The standard InChI is InChI=1S/C23H26N6S/c1-5-29-21(15-10-12-16(13-11-15)23(2,3)4)27-28-22(29)30-14-19-25-18-9-7-6-8-17(18)20(24)26-19/h6-13H,5,14H2,1-4H3,(H2,24,25,26). The molecule has 0 amide bonds. The molecule has 2 heterocycles. The van der Waals surface area contributed by atoms with Crippen molar-refractivity contribution in [3.8, 4) is 11.4 Å². The fraction of sp³-hybridized carbons (Fsp3) is 0.304. The zero-order chi connectivity index (χ0) is 21.3. The van der Waals surface area contributed by atoms with Gasteiger partial charge in [-0.2, -0.15) is 0 Å². The number of nitrogens with two attached hydrogens (primary N) is 1. The van der Waals surface area contributed by atoms with Gasteiger partial charge >= 0.3 is 0 Å². The molecule has 2 aromatic heterocycles. The maximum absolute atomic E-state index is 6.11. The largest absolute Gasteiger partial charge is 0.383 e. The summed E-state index contributed by atoms with van der Waals surface area (Å²) in [5.41, 5.74) is 9.46. The first-order chi connectivity index (χ1) is 14.4. The van der Waals surface area contributed by atoms with Gasteiger partial charge in [0, 0.05) is 17.5 Å². The number of anilines is 1. The fourth-order valence-corrected chi connectivity index (χ4v) is 4.22. The van der Waals surface area contributed by atoms with E-state index in [-0.39, 0.29) is 5.41 Å². The summed E-state index contributed by atoms with van der Waals surface area (Å²) < 4.78 is 2.13. The van der Waals surface area contributed by atoms with Crippen LogP contribution < -0.4 is 5.73 Å². The topological polar surface area (TPSA) is 82.5 Å². The van der Waals surface area contributed by atoms with Crippen LogP contribution in [0.15, 0.2) is 53.7 Å². The smallest absolute Gasteiger partial charge is 0.191 e. The van der Waals surface area contributed by atoms with E-state index in [0.29, 0.717) is 17.4 Å². The molecule has 0 bridgehead atoms. The minimum Gasteiger partial charge on any atom is -0.383 e. The Balaban J connectivity index is 1.57. The highest BCUT2D eigenvalue weighted by atomic mass is 32.2. The van der Waals surface area contributed by atoms with E-state index in [1.165, 1.54) is 5.56 Å². The maximum Gasteiger partial charge on any atom is 0.191 e. The van der Waals surface area contributed by atoms with Crippen molar-refractivity contribution in [2.24, 2.45) is 0 Å². The summed E-state index contributed by atoms with van der Waals surface area (Å²) in [7, 11) is 0. The highest BCUT2D eigenvalue weighted by molar-refractivity contribution is 7.98. The van der Waals surface area contributed by atoms with Gasteiger partial charge < -0.3 is 10.3 Å². The third-order valence-corrected chi connectivity index (χ3v) is 6.01. The molecule has 0 radical (unpaired) electrons. The molecule has 0 fully saturated rings. The number of hydrogen-bond donors (Lipinski definition) is 1. The van der Waals surface area contributed by atoms with Crippen molar-refractivity contribution in [1.29, 1.82) is 0 Å². The van der Waals surface area contributed by atoms with Crippen LogP contribution in [0.4, 0.5) is 5.82 Å². The number of benzene rings is 2. The van der Waals surface area contributed by atoms with Crippen LogP contribution in [-0.2, 0) is 17.7 Å². The summed E-state index contributed by atoms with van der Waals surface area (Å²) in [4.78, 5) is 9.09. The molecule has 30 heavy (non-hydrogen) atoms. The minimum absolute atomic E-state index is 0.125. The fourth-order valence-electron chi connectivity index (χ4n) is 3.36. The number of fused-ring (bicyclic) bond motifs is 1. The molecule has 0 aliphatic carbocycles. The second kappa shape index (κ2) is 8.07. The van der Waals surface area contributed by atoms with E-state index < -0.39 is 0 Å². The van der Waals surface area contributed by atoms with Crippen molar-refractivity contribution in [3.63, 3.8) is 0 Å². The average Bonchev–Trinajstić information content (AvgIpc) is 3.14. The number of nitrogens with zero attached hydrogens (tertiary/aromatic N) is 5. The Morgan fingerprint density at radius 1 is 0.967 bits per heavy atom. The number of aromatic nitrogens is 5. The van der Waals surface area contributed by atoms with Gasteiger partial charge in [-0.25, -0.2) is 9.97 Å². The van der Waals surface area contributed by atoms with Crippen molar-refractivity contribution in [2.45, 2.75) is 50.6 Å². The zero-order valence-electron chi connectivity index (χ0n) is 17.8. The van der Waals surface area contributed by atoms with E-state index in [1.807, 2.05) is 24.3 Å². The van der Waals surface area contributed by atoms with Crippen LogP contribution in [0, 0.1) is 0 Å². The van der Waals surface area contributed by atoms with E-state index in [2.05, 4.69) is 76.7 Å². The highest BCUT2D eigenvalue weighted by Gasteiger charge is 2.17. The monoisotopic (exact) mass is 418 g/mol. The Bertz CT molecular complexity index is 1170. The third kappa shape index (κ3) is 4.03. The third-order valence-electron chi connectivity index (χ3n) is 5.05. The SMILES string of the molecule is CCn1c(SCc2nc(N)c3ccccc3n2)nnc1-c1ccc(C(C)(C)C)cc1. The Kier molecular flexibility index (Phi) is 5.47. The van der Waals surface area contributed by atoms with Crippen LogP contribution in [0.25, 0.3) is 22.3 Å². The number of thioether (sulfide) groups is 1. The van der Waals surface area contributed by atoms with Gasteiger partial charge in [0.2, 0.25) is 0 Å². The Hall–Kier alpha value is -2.93. The summed E-state index contributed by atoms with van der Waals surface area (Å²) in [6.45, 7) is 9.53. The summed E-state index contributed by atoms with van der Waals surface area (Å²) in [6, 6.07) is 16.4. The molecule has 0 saturated carbocycles. The van der Waals surface area contributed by atoms with Crippen LogP contribution in [-0.4, -0.2) is 24.7 Å². The maximum atomic E-state index is 6.11. The quantitative estimate of drug-likeness (QED) is 0.455. The second-order valence-electron chi connectivity index (χ2n) is 8.21. The predicted octanol–water partition coefficient (Wildman–Crippen LogP) is 5.08. The van der Waals surface area contributed by atoms with Crippen molar-refractivity contribution >= 4 is 28.5 Å². The molecule has 0 aliphatic rings. The average molecular weight is 419 g/mol. The van der Waals surface area contributed by atoms with Gasteiger partial charge in [-0.05, 0) is 30.0 Å². The van der Waals surface area contributed by atoms with Gasteiger partial charge in [-0.15, -0.1) is 10.2 Å². The molecule has 2 aromatic carbocycles. The van der Waals surface area contributed by atoms with Crippen LogP contribution in [0.3, 0.4) is 0 Å². The molecule has 2 N–H and O–H groups in total. The summed E-state index contributed by atoms with van der Waals surface area (Å²) >= 11 is 1.57. The van der Waals surface area contributed by atoms with Gasteiger partial charge in [0.1, 0.15) is 11.6 Å².